The number of amides is 1. The van der Waals surface area contributed by atoms with Crippen LogP contribution < -0.4 is 10.1 Å². The van der Waals surface area contributed by atoms with E-state index in [-0.39, 0.29) is 17.2 Å². The predicted molar refractivity (Wildman–Crippen MR) is 97.7 cm³/mol. The van der Waals surface area contributed by atoms with Crippen molar-refractivity contribution in [2.45, 2.75) is 38.9 Å². The van der Waals surface area contributed by atoms with Crippen LogP contribution in [0.15, 0.2) is 24.3 Å². The van der Waals surface area contributed by atoms with Gasteiger partial charge in [0.2, 0.25) is 5.91 Å². The van der Waals surface area contributed by atoms with Gasteiger partial charge in [-0.2, -0.15) is 0 Å². The van der Waals surface area contributed by atoms with Gasteiger partial charge in [0, 0.05) is 11.3 Å². The van der Waals surface area contributed by atoms with Crippen molar-refractivity contribution in [1.29, 1.82) is 0 Å². The molecule has 1 atom stereocenters. The molecule has 0 saturated heterocycles. The number of ether oxygens (including phenoxy) is 1. The summed E-state index contributed by atoms with van der Waals surface area (Å²) >= 11 is 1.54. The molecule has 134 valence electrons. The lowest BCUT2D eigenvalue weighted by molar-refractivity contribution is -0.141. The quantitative estimate of drug-likeness (QED) is 0.714. The second-order valence-electron chi connectivity index (χ2n) is 6.52. The van der Waals surface area contributed by atoms with E-state index >= 15 is 0 Å². The highest BCUT2D eigenvalue weighted by Gasteiger charge is 2.20. The number of benzene rings is 1. The summed E-state index contributed by atoms with van der Waals surface area (Å²) in [5, 5.41) is 12.1. The van der Waals surface area contributed by atoms with E-state index in [1.165, 1.54) is 11.8 Å². The van der Waals surface area contributed by atoms with Gasteiger partial charge in [0.1, 0.15) is 5.75 Å². The zero-order valence-corrected chi connectivity index (χ0v) is 15.6. The van der Waals surface area contributed by atoms with Crippen molar-refractivity contribution in [2.75, 3.05) is 18.9 Å². The van der Waals surface area contributed by atoms with Crippen LogP contribution in [0.4, 0.5) is 0 Å². The lowest BCUT2D eigenvalue weighted by Gasteiger charge is -2.18. The summed E-state index contributed by atoms with van der Waals surface area (Å²) in [4.78, 5) is 23.3. The summed E-state index contributed by atoms with van der Waals surface area (Å²) in [6.45, 7) is 8.75. The van der Waals surface area contributed by atoms with Crippen molar-refractivity contribution in [3.63, 3.8) is 0 Å². The summed E-state index contributed by atoms with van der Waals surface area (Å²) in [6, 6.07) is 7.38. The number of nitrogens with one attached hydrogen (secondary N) is 1. The van der Waals surface area contributed by atoms with Crippen LogP contribution in [0, 0.1) is 5.92 Å². The van der Waals surface area contributed by atoms with Gasteiger partial charge in [-0.15, -0.1) is 11.8 Å². The lowest BCUT2D eigenvalue weighted by Crippen LogP contribution is -2.35. The highest BCUT2D eigenvalue weighted by atomic mass is 32.2. The van der Waals surface area contributed by atoms with E-state index in [1.54, 1.807) is 0 Å². The van der Waals surface area contributed by atoms with Gasteiger partial charge in [-0.05, 0) is 31.0 Å². The average Bonchev–Trinajstić information content (AvgIpc) is 2.50. The number of rotatable bonds is 9. The van der Waals surface area contributed by atoms with E-state index in [4.69, 9.17) is 4.74 Å². The molecule has 24 heavy (non-hydrogen) atoms. The third-order valence-electron chi connectivity index (χ3n) is 3.25. The van der Waals surface area contributed by atoms with Crippen LogP contribution >= 0.6 is 11.8 Å². The molecule has 5 nitrogen and oxygen atoms in total. The minimum atomic E-state index is -0.910. The van der Waals surface area contributed by atoms with Gasteiger partial charge in [0.05, 0.1) is 18.3 Å². The number of hydrogen-bond acceptors (Lipinski definition) is 4. The maximum absolute atomic E-state index is 11.8. The Morgan fingerprint density at radius 1 is 1.25 bits per heavy atom. The highest BCUT2D eigenvalue weighted by molar-refractivity contribution is 8.01. The first-order chi connectivity index (χ1) is 11.2. The molecule has 1 aromatic carbocycles. The summed E-state index contributed by atoms with van der Waals surface area (Å²) in [5.41, 5.74) is 0.907. The van der Waals surface area contributed by atoms with Gasteiger partial charge in [0.15, 0.2) is 0 Å². The monoisotopic (exact) mass is 353 g/mol. The van der Waals surface area contributed by atoms with Gasteiger partial charge in [-0.25, -0.2) is 0 Å². The first-order valence-corrected chi connectivity index (χ1v) is 9.05. The highest BCUT2D eigenvalue weighted by Crippen LogP contribution is 2.22. The molecule has 0 aliphatic carbocycles. The van der Waals surface area contributed by atoms with E-state index in [1.807, 2.05) is 52.0 Å². The number of carbonyl (C=O) groups excluding carboxylic acids is 1. The standard InChI is InChI=1S/C18H27NO4S/c1-5-23-15-8-6-13(7-9-15)10-14(17(21)22)11-19-16(20)12-24-18(2,3)4/h6-9,14H,5,10-12H2,1-4H3,(H,19,20)(H,21,22). The number of carboxylic acid groups (broad SMARTS) is 1. The second-order valence-corrected chi connectivity index (χ2v) is 8.32. The molecule has 1 amide bonds. The van der Waals surface area contributed by atoms with Crippen molar-refractivity contribution in [1.82, 2.24) is 5.32 Å². The second kappa shape index (κ2) is 9.57. The van der Waals surface area contributed by atoms with Crippen LogP contribution in [0.5, 0.6) is 5.75 Å². The third-order valence-corrected chi connectivity index (χ3v) is 4.52. The fourth-order valence-corrected chi connectivity index (χ4v) is 2.66. The Balaban J connectivity index is 2.52. The molecule has 0 aliphatic rings. The number of carbonyl (C=O) groups is 2. The smallest absolute Gasteiger partial charge is 0.308 e. The Morgan fingerprint density at radius 2 is 1.88 bits per heavy atom. The number of hydrogen-bond donors (Lipinski definition) is 2. The maximum atomic E-state index is 11.8. The van der Waals surface area contributed by atoms with Crippen LogP contribution in [0.25, 0.3) is 0 Å². The molecular weight excluding hydrogens is 326 g/mol. The fourth-order valence-electron chi connectivity index (χ4n) is 1.99. The Morgan fingerprint density at radius 3 is 2.38 bits per heavy atom. The SMILES string of the molecule is CCOc1ccc(CC(CNC(=O)CSC(C)(C)C)C(=O)O)cc1. The van der Waals surface area contributed by atoms with Gasteiger partial charge in [0.25, 0.3) is 0 Å². The van der Waals surface area contributed by atoms with Crippen LogP contribution in [-0.2, 0) is 16.0 Å². The molecule has 2 N–H and O–H groups in total. The molecule has 0 aromatic heterocycles. The van der Waals surface area contributed by atoms with Crippen molar-refractivity contribution in [3.05, 3.63) is 29.8 Å². The minimum Gasteiger partial charge on any atom is -0.494 e. The Bertz CT molecular complexity index is 537. The molecule has 0 saturated carbocycles. The molecule has 1 aromatic rings. The van der Waals surface area contributed by atoms with Crippen molar-refractivity contribution < 1.29 is 19.4 Å². The van der Waals surface area contributed by atoms with Gasteiger partial charge >= 0.3 is 5.97 Å². The third kappa shape index (κ3) is 8.24. The summed E-state index contributed by atoms with van der Waals surface area (Å²) in [5.74, 6) is -0.591. The van der Waals surface area contributed by atoms with E-state index in [0.29, 0.717) is 18.8 Å². The van der Waals surface area contributed by atoms with Crippen molar-refractivity contribution >= 4 is 23.6 Å². The number of carboxylic acids is 1. The Labute approximate surface area is 148 Å². The van der Waals surface area contributed by atoms with Crippen LogP contribution in [0.2, 0.25) is 0 Å². The van der Waals surface area contributed by atoms with Crippen LogP contribution in [0.1, 0.15) is 33.3 Å². The zero-order chi connectivity index (χ0) is 18.2. The van der Waals surface area contributed by atoms with E-state index in [2.05, 4.69) is 5.32 Å². The normalized spacial score (nSPS) is 12.5. The van der Waals surface area contributed by atoms with E-state index in [0.717, 1.165) is 11.3 Å². The number of aliphatic carboxylic acids is 1. The predicted octanol–water partition coefficient (Wildman–Crippen LogP) is 2.98. The average molecular weight is 353 g/mol. The zero-order valence-electron chi connectivity index (χ0n) is 14.8. The molecule has 1 unspecified atom stereocenters. The molecule has 0 heterocycles. The van der Waals surface area contributed by atoms with E-state index in [9.17, 15) is 14.7 Å². The Kier molecular flexibility index (Phi) is 8.11. The molecule has 6 heteroatoms. The molecule has 1 rings (SSSR count). The first kappa shape index (κ1) is 20.4. The lowest BCUT2D eigenvalue weighted by atomic mass is 9.99. The molecule has 0 aliphatic heterocycles. The van der Waals surface area contributed by atoms with Gasteiger partial charge in [-0.3, -0.25) is 9.59 Å². The molecule has 0 bridgehead atoms. The molecule has 0 fully saturated rings. The number of thioether (sulfide) groups is 1. The fraction of sp³-hybridized carbons (Fsp3) is 0.556. The maximum Gasteiger partial charge on any atom is 0.308 e. The molecular formula is C18H27NO4S. The summed E-state index contributed by atoms with van der Waals surface area (Å²) in [7, 11) is 0. The van der Waals surface area contributed by atoms with Crippen LogP contribution in [0.3, 0.4) is 0 Å². The Hall–Kier alpha value is -1.69. The summed E-state index contributed by atoms with van der Waals surface area (Å²) in [6.07, 6.45) is 0.369. The van der Waals surface area contributed by atoms with Gasteiger partial charge < -0.3 is 15.2 Å². The minimum absolute atomic E-state index is 0.00580. The van der Waals surface area contributed by atoms with Crippen molar-refractivity contribution in [3.8, 4) is 5.75 Å². The largest absolute Gasteiger partial charge is 0.494 e. The summed E-state index contributed by atoms with van der Waals surface area (Å²) < 4.78 is 5.38. The van der Waals surface area contributed by atoms with Crippen LogP contribution in [-0.4, -0.2) is 40.6 Å². The first-order valence-electron chi connectivity index (χ1n) is 8.06. The molecule has 0 radical (unpaired) electrons. The van der Waals surface area contributed by atoms with E-state index < -0.39 is 11.9 Å². The van der Waals surface area contributed by atoms with Crippen molar-refractivity contribution in [2.24, 2.45) is 5.92 Å². The molecule has 0 spiro atoms. The van der Waals surface area contributed by atoms with Gasteiger partial charge in [-0.1, -0.05) is 32.9 Å². The topological polar surface area (TPSA) is 75.6 Å².